The van der Waals surface area contributed by atoms with Crippen LogP contribution in [0.2, 0.25) is 0 Å². The number of allylic oxidation sites excluding steroid dienone is 4. The standard InChI is InChI=1S/C30H37NO4S2/c1-4-37-18-30(34)14-13-26-24-11-9-21-15-22(32)10-12-23(21)27(24)25(16-29(26,30)2)20-7-5-19(6-8-20)17-31-35-28(33)36-3/h5-8,15,17,24-26,34H,4,9-14,16,18H2,1-3H3/b31-17+/t24-,25+,26-,29-,30+/m0/s1. The van der Waals surface area contributed by atoms with E-state index in [-0.39, 0.29) is 17.1 Å². The van der Waals surface area contributed by atoms with Crippen LogP contribution in [0.4, 0.5) is 4.79 Å². The van der Waals surface area contributed by atoms with Crippen LogP contribution in [0.1, 0.15) is 75.8 Å². The first-order valence-corrected chi connectivity index (χ1v) is 15.8. The molecule has 2 fully saturated rings. The number of oxime groups is 1. The molecule has 1 aromatic carbocycles. The molecule has 5 atom stereocenters. The molecule has 5 nitrogen and oxygen atoms in total. The molecule has 198 valence electrons. The lowest BCUT2D eigenvalue weighted by Gasteiger charge is -2.55. The molecular formula is C30H37NO4S2. The molecule has 1 aromatic rings. The molecule has 2 saturated carbocycles. The molecule has 7 heteroatoms. The molecule has 37 heavy (non-hydrogen) atoms. The Bertz CT molecular complexity index is 1160. The van der Waals surface area contributed by atoms with Gasteiger partial charge in [-0.05, 0) is 102 Å². The van der Waals surface area contributed by atoms with E-state index in [1.165, 1.54) is 22.3 Å². The van der Waals surface area contributed by atoms with Crippen molar-refractivity contribution in [1.29, 1.82) is 0 Å². The molecule has 0 unspecified atom stereocenters. The van der Waals surface area contributed by atoms with Crippen molar-refractivity contribution in [3.05, 3.63) is 58.2 Å². The quantitative estimate of drug-likeness (QED) is 0.241. The van der Waals surface area contributed by atoms with Gasteiger partial charge >= 0.3 is 5.30 Å². The van der Waals surface area contributed by atoms with Gasteiger partial charge in [0.1, 0.15) is 0 Å². The summed E-state index contributed by atoms with van der Waals surface area (Å²) >= 11 is 2.84. The predicted octanol–water partition coefficient (Wildman–Crippen LogP) is 6.90. The summed E-state index contributed by atoms with van der Waals surface area (Å²) in [4.78, 5) is 28.4. The average molecular weight is 540 g/mol. The molecule has 0 spiro atoms. The minimum atomic E-state index is -0.654. The van der Waals surface area contributed by atoms with E-state index in [4.69, 9.17) is 4.84 Å². The highest BCUT2D eigenvalue weighted by Crippen LogP contribution is 2.67. The monoisotopic (exact) mass is 539 g/mol. The number of rotatable bonds is 6. The van der Waals surface area contributed by atoms with Gasteiger partial charge in [-0.2, -0.15) is 11.8 Å². The Labute approximate surface area is 228 Å². The second kappa shape index (κ2) is 10.7. The highest BCUT2D eigenvalue weighted by Gasteiger charge is 2.62. The van der Waals surface area contributed by atoms with Crippen molar-refractivity contribution in [3.8, 4) is 0 Å². The van der Waals surface area contributed by atoms with Crippen molar-refractivity contribution in [2.45, 2.75) is 70.3 Å². The second-order valence-electron chi connectivity index (χ2n) is 11.1. The third-order valence-electron chi connectivity index (χ3n) is 9.44. The summed E-state index contributed by atoms with van der Waals surface area (Å²) in [5.41, 5.74) is 5.54. The molecule has 4 aliphatic rings. The number of benzene rings is 1. The molecule has 0 bridgehead atoms. The van der Waals surface area contributed by atoms with E-state index in [1.54, 1.807) is 12.5 Å². The SMILES string of the molecule is CCSC[C@]1(O)CC[C@H]2[C@@H]3CCC4=CC(=O)CCC4=C3[C@@H](c3ccc(/C=N/OC(=O)SC)cc3)C[C@@]21C. The maximum absolute atomic E-state index is 12.3. The number of hydrogen-bond donors (Lipinski definition) is 1. The van der Waals surface area contributed by atoms with Gasteiger partial charge in [-0.15, -0.1) is 0 Å². The third kappa shape index (κ3) is 4.87. The summed E-state index contributed by atoms with van der Waals surface area (Å²) in [6.07, 6.45) is 11.5. The minimum absolute atomic E-state index is 0.146. The fourth-order valence-electron chi connectivity index (χ4n) is 7.54. The molecule has 4 aliphatic carbocycles. The topological polar surface area (TPSA) is 76.0 Å². The van der Waals surface area contributed by atoms with Crippen molar-refractivity contribution < 1.29 is 19.5 Å². The van der Waals surface area contributed by atoms with Crippen LogP contribution in [0.3, 0.4) is 0 Å². The van der Waals surface area contributed by atoms with Crippen LogP contribution in [0.5, 0.6) is 0 Å². The first-order chi connectivity index (χ1) is 17.8. The largest absolute Gasteiger partial charge is 0.393 e. The van der Waals surface area contributed by atoms with Crippen LogP contribution >= 0.6 is 23.5 Å². The number of carbonyl (C=O) groups excluding carboxylic acids is 2. The zero-order valence-corrected chi connectivity index (χ0v) is 23.6. The summed E-state index contributed by atoms with van der Waals surface area (Å²) < 4.78 is 0. The Balaban J connectivity index is 1.53. The van der Waals surface area contributed by atoms with Gasteiger partial charge in [-0.1, -0.05) is 48.8 Å². The van der Waals surface area contributed by atoms with Crippen LogP contribution in [0.15, 0.2) is 52.2 Å². The molecule has 0 radical (unpaired) electrons. The van der Waals surface area contributed by atoms with Crippen molar-refractivity contribution >= 4 is 40.8 Å². The average Bonchev–Trinajstić information content (AvgIpc) is 3.17. The number of fused-ring (bicyclic) bond motifs is 4. The Morgan fingerprint density at radius 1 is 1.22 bits per heavy atom. The van der Waals surface area contributed by atoms with Crippen molar-refractivity contribution in [1.82, 2.24) is 0 Å². The van der Waals surface area contributed by atoms with Gasteiger partial charge in [0.2, 0.25) is 0 Å². The first-order valence-electron chi connectivity index (χ1n) is 13.4. The Morgan fingerprint density at radius 2 is 2.00 bits per heavy atom. The van der Waals surface area contributed by atoms with E-state index >= 15 is 0 Å². The fourth-order valence-corrected chi connectivity index (χ4v) is 8.68. The van der Waals surface area contributed by atoms with Crippen LogP contribution in [0.25, 0.3) is 0 Å². The molecule has 5 rings (SSSR count). The summed E-state index contributed by atoms with van der Waals surface area (Å²) in [5, 5.41) is 15.4. The van der Waals surface area contributed by atoms with Crippen LogP contribution in [-0.4, -0.2) is 45.8 Å². The number of hydrogen-bond acceptors (Lipinski definition) is 7. The van der Waals surface area contributed by atoms with Crippen molar-refractivity contribution in [2.75, 3.05) is 17.8 Å². The van der Waals surface area contributed by atoms with Gasteiger partial charge in [0.05, 0.1) is 11.8 Å². The number of carbonyl (C=O) groups is 2. The molecule has 1 N–H and O–H groups in total. The Kier molecular flexibility index (Phi) is 7.77. The van der Waals surface area contributed by atoms with E-state index in [9.17, 15) is 14.7 Å². The molecule has 0 aliphatic heterocycles. The zero-order chi connectivity index (χ0) is 26.2. The second-order valence-corrected chi connectivity index (χ2v) is 13.2. The van der Waals surface area contributed by atoms with E-state index < -0.39 is 10.9 Å². The highest BCUT2D eigenvalue weighted by atomic mass is 32.2. The molecule has 0 aromatic heterocycles. The fraction of sp³-hybridized carbons (Fsp3) is 0.567. The minimum Gasteiger partial charge on any atom is -0.388 e. The van der Waals surface area contributed by atoms with Gasteiger partial charge in [-0.3, -0.25) is 4.79 Å². The van der Waals surface area contributed by atoms with Gasteiger partial charge in [0.25, 0.3) is 0 Å². The van der Waals surface area contributed by atoms with Crippen molar-refractivity contribution in [2.24, 2.45) is 22.4 Å². The van der Waals surface area contributed by atoms with E-state index in [0.29, 0.717) is 18.3 Å². The van der Waals surface area contributed by atoms with Crippen LogP contribution < -0.4 is 0 Å². The highest BCUT2D eigenvalue weighted by molar-refractivity contribution is 8.12. The van der Waals surface area contributed by atoms with E-state index in [2.05, 4.69) is 31.1 Å². The predicted molar refractivity (Wildman–Crippen MR) is 152 cm³/mol. The Morgan fingerprint density at radius 3 is 2.73 bits per heavy atom. The van der Waals surface area contributed by atoms with Gasteiger partial charge < -0.3 is 9.94 Å². The lowest BCUT2D eigenvalue weighted by molar-refractivity contribution is -0.114. The lowest BCUT2D eigenvalue weighted by Crippen LogP contribution is -2.53. The summed E-state index contributed by atoms with van der Waals surface area (Å²) in [6, 6.07) is 8.38. The van der Waals surface area contributed by atoms with Gasteiger partial charge in [0.15, 0.2) is 5.78 Å². The van der Waals surface area contributed by atoms with E-state index in [1.807, 2.05) is 30.0 Å². The third-order valence-corrected chi connectivity index (χ3v) is 10.9. The smallest absolute Gasteiger partial charge is 0.388 e. The zero-order valence-electron chi connectivity index (χ0n) is 22.0. The first kappa shape index (κ1) is 26.8. The Hall–Kier alpha value is -1.83. The summed E-state index contributed by atoms with van der Waals surface area (Å²) in [6.45, 7) is 4.52. The van der Waals surface area contributed by atoms with Crippen molar-refractivity contribution in [3.63, 3.8) is 0 Å². The molecule has 0 amide bonds. The maximum Gasteiger partial charge on any atom is 0.393 e. The molecule has 0 saturated heterocycles. The number of nitrogens with zero attached hydrogens (tertiary/aromatic N) is 1. The van der Waals surface area contributed by atoms with Crippen LogP contribution in [-0.2, 0) is 9.63 Å². The maximum atomic E-state index is 12.3. The number of aliphatic hydroxyl groups is 1. The van der Waals surface area contributed by atoms with Crippen LogP contribution in [0, 0.1) is 17.3 Å². The molecular weight excluding hydrogens is 502 g/mol. The van der Waals surface area contributed by atoms with Gasteiger partial charge in [-0.25, -0.2) is 4.79 Å². The molecule has 0 heterocycles. The lowest BCUT2D eigenvalue weighted by atomic mass is 9.51. The summed E-state index contributed by atoms with van der Waals surface area (Å²) in [7, 11) is 0. The number of ketones is 1. The number of thioether (sulfide) groups is 2. The summed E-state index contributed by atoms with van der Waals surface area (Å²) in [5.74, 6) is 3.22. The normalized spacial score (nSPS) is 33.1. The van der Waals surface area contributed by atoms with E-state index in [0.717, 1.165) is 67.4 Å². The van der Waals surface area contributed by atoms with Gasteiger partial charge in [0, 0.05) is 23.5 Å².